The predicted octanol–water partition coefficient (Wildman–Crippen LogP) is 0.779. The molecule has 2 rings (SSSR count). The number of carboxylic acid groups (broad SMARTS) is 1. The number of benzene rings is 1. The second kappa shape index (κ2) is 5.68. The van der Waals surface area contributed by atoms with E-state index in [9.17, 15) is 9.90 Å². The molecule has 1 heterocycles. The Morgan fingerprint density at radius 3 is 2.90 bits per heavy atom. The van der Waals surface area contributed by atoms with Gasteiger partial charge in [0.15, 0.2) is 11.5 Å². The van der Waals surface area contributed by atoms with E-state index in [4.69, 9.17) is 15.6 Å². The third kappa shape index (κ3) is 2.86. The van der Waals surface area contributed by atoms with Crippen molar-refractivity contribution >= 4 is 5.97 Å². The molecular formula is C14H20N2O4. The summed E-state index contributed by atoms with van der Waals surface area (Å²) in [5, 5.41) is 19.2. The number of aromatic hydroxyl groups is 1. The van der Waals surface area contributed by atoms with Crippen LogP contribution in [-0.2, 0) is 11.3 Å². The quantitative estimate of drug-likeness (QED) is 0.737. The molecule has 20 heavy (non-hydrogen) atoms. The number of ether oxygens (including phenoxy) is 1. The fourth-order valence-corrected chi connectivity index (χ4v) is 2.43. The Labute approximate surface area is 117 Å². The Morgan fingerprint density at radius 2 is 2.30 bits per heavy atom. The molecule has 110 valence electrons. The second-order valence-corrected chi connectivity index (χ2v) is 5.12. The minimum Gasteiger partial charge on any atom is -0.504 e. The summed E-state index contributed by atoms with van der Waals surface area (Å²) in [6.45, 7) is 3.66. The lowest BCUT2D eigenvalue weighted by Crippen LogP contribution is -2.50. The van der Waals surface area contributed by atoms with E-state index in [2.05, 4.69) is 0 Å². The summed E-state index contributed by atoms with van der Waals surface area (Å²) in [4.78, 5) is 13.0. The maximum absolute atomic E-state index is 11.1. The lowest BCUT2D eigenvalue weighted by Gasteiger charge is -2.20. The fraction of sp³-hybridized carbons (Fsp3) is 0.500. The van der Waals surface area contributed by atoms with Gasteiger partial charge in [0.1, 0.15) is 5.54 Å². The molecule has 0 radical (unpaired) electrons. The molecule has 1 aliphatic heterocycles. The van der Waals surface area contributed by atoms with E-state index < -0.39 is 11.5 Å². The lowest BCUT2D eigenvalue weighted by molar-refractivity contribution is -0.142. The van der Waals surface area contributed by atoms with Gasteiger partial charge in [-0.3, -0.25) is 9.69 Å². The number of phenolic OH excluding ortho intramolecular Hbond substituents is 1. The largest absolute Gasteiger partial charge is 0.504 e. The standard InChI is InChI=1S/C14H20N2O4/c1-2-20-11-5-3-4-10(12(11)17)8-16-7-6-14(15,9-16)13(18)19/h3-5,17H,2,6-9,15H2,1H3,(H,18,19). The van der Waals surface area contributed by atoms with Crippen molar-refractivity contribution in [3.63, 3.8) is 0 Å². The summed E-state index contributed by atoms with van der Waals surface area (Å²) < 4.78 is 5.33. The number of carboxylic acids is 1. The molecule has 1 aliphatic rings. The molecule has 1 aromatic carbocycles. The van der Waals surface area contributed by atoms with Gasteiger partial charge in [0.25, 0.3) is 0 Å². The first kappa shape index (κ1) is 14.6. The van der Waals surface area contributed by atoms with E-state index in [1.54, 1.807) is 12.1 Å². The highest BCUT2D eigenvalue weighted by Crippen LogP contribution is 2.32. The zero-order valence-electron chi connectivity index (χ0n) is 11.5. The molecule has 1 atom stereocenters. The minimum atomic E-state index is -1.19. The smallest absolute Gasteiger partial charge is 0.325 e. The van der Waals surface area contributed by atoms with Crippen LogP contribution < -0.4 is 10.5 Å². The molecule has 1 saturated heterocycles. The summed E-state index contributed by atoms with van der Waals surface area (Å²) in [6.07, 6.45) is 0.411. The maximum atomic E-state index is 11.1. The number of phenols is 1. The number of carbonyl (C=O) groups is 1. The Balaban J connectivity index is 2.08. The van der Waals surface area contributed by atoms with Crippen LogP contribution in [-0.4, -0.2) is 46.3 Å². The molecular weight excluding hydrogens is 260 g/mol. The SMILES string of the molecule is CCOc1cccc(CN2CCC(N)(C(=O)O)C2)c1O. The van der Waals surface area contributed by atoms with Crippen LogP contribution in [0, 0.1) is 0 Å². The molecule has 0 spiro atoms. The van der Waals surface area contributed by atoms with Gasteiger partial charge in [0.2, 0.25) is 0 Å². The third-order valence-corrected chi connectivity index (χ3v) is 3.58. The van der Waals surface area contributed by atoms with Crippen molar-refractivity contribution < 1.29 is 19.7 Å². The molecule has 0 bridgehead atoms. The first-order valence-corrected chi connectivity index (χ1v) is 6.64. The zero-order valence-corrected chi connectivity index (χ0v) is 11.5. The highest BCUT2D eigenvalue weighted by molar-refractivity contribution is 5.79. The van der Waals surface area contributed by atoms with Crippen molar-refractivity contribution in [2.75, 3.05) is 19.7 Å². The number of nitrogens with two attached hydrogens (primary N) is 1. The number of hydrogen-bond acceptors (Lipinski definition) is 5. The van der Waals surface area contributed by atoms with Crippen molar-refractivity contribution in [2.24, 2.45) is 5.73 Å². The highest BCUT2D eigenvalue weighted by atomic mass is 16.5. The summed E-state index contributed by atoms with van der Waals surface area (Å²) in [5.74, 6) is -0.423. The van der Waals surface area contributed by atoms with E-state index >= 15 is 0 Å². The molecule has 1 fully saturated rings. The molecule has 0 aliphatic carbocycles. The topological polar surface area (TPSA) is 96.0 Å². The summed E-state index contributed by atoms with van der Waals surface area (Å²) in [7, 11) is 0. The van der Waals surface area contributed by atoms with Gasteiger partial charge in [-0.1, -0.05) is 12.1 Å². The van der Waals surface area contributed by atoms with Crippen molar-refractivity contribution in [3.05, 3.63) is 23.8 Å². The van der Waals surface area contributed by atoms with Crippen LogP contribution in [0.5, 0.6) is 11.5 Å². The second-order valence-electron chi connectivity index (χ2n) is 5.12. The molecule has 4 N–H and O–H groups in total. The van der Waals surface area contributed by atoms with E-state index in [0.29, 0.717) is 37.4 Å². The van der Waals surface area contributed by atoms with Crippen LogP contribution in [0.15, 0.2) is 18.2 Å². The number of rotatable bonds is 5. The third-order valence-electron chi connectivity index (χ3n) is 3.58. The normalized spacial score (nSPS) is 22.9. The lowest BCUT2D eigenvalue weighted by atomic mass is 10.0. The first-order chi connectivity index (χ1) is 9.46. The number of para-hydroxylation sites is 1. The molecule has 0 aromatic heterocycles. The number of nitrogens with zero attached hydrogens (tertiary/aromatic N) is 1. The number of likely N-dealkylation sites (tertiary alicyclic amines) is 1. The van der Waals surface area contributed by atoms with Gasteiger partial charge in [-0.15, -0.1) is 0 Å². The zero-order chi connectivity index (χ0) is 14.8. The Morgan fingerprint density at radius 1 is 1.55 bits per heavy atom. The highest BCUT2D eigenvalue weighted by Gasteiger charge is 2.41. The maximum Gasteiger partial charge on any atom is 0.325 e. The first-order valence-electron chi connectivity index (χ1n) is 6.64. The average molecular weight is 280 g/mol. The van der Waals surface area contributed by atoms with Gasteiger partial charge in [-0.25, -0.2) is 0 Å². The van der Waals surface area contributed by atoms with E-state index in [0.717, 1.165) is 0 Å². The summed E-state index contributed by atoms with van der Waals surface area (Å²) >= 11 is 0. The van der Waals surface area contributed by atoms with E-state index in [-0.39, 0.29) is 12.3 Å². The van der Waals surface area contributed by atoms with Crippen molar-refractivity contribution in [1.82, 2.24) is 4.90 Å². The van der Waals surface area contributed by atoms with Crippen molar-refractivity contribution in [2.45, 2.75) is 25.4 Å². The molecule has 1 aromatic rings. The Kier molecular flexibility index (Phi) is 4.15. The molecule has 0 saturated carbocycles. The van der Waals surface area contributed by atoms with Crippen LogP contribution >= 0.6 is 0 Å². The molecule has 6 heteroatoms. The van der Waals surface area contributed by atoms with Gasteiger partial charge >= 0.3 is 5.97 Å². The Bertz CT molecular complexity index is 506. The van der Waals surface area contributed by atoms with Crippen LogP contribution in [0.4, 0.5) is 0 Å². The monoisotopic (exact) mass is 280 g/mol. The summed E-state index contributed by atoms with van der Waals surface area (Å²) in [5.41, 5.74) is 5.36. The van der Waals surface area contributed by atoms with Crippen LogP contribution in [0.3, 0.4) is 0 Å². The van der Waals surface area contributed by atoms with E-state index in [1.165, 1.54) is 0 Å². The van der Waals surface area contributed by atoms with Crippen molar-refractivity contribution in [1.29, 1.82) is 0 Å². The molecule has 6 nitrogen and oxygen atoms in total. The van der Waals surface area contributed by atoms with Crippen LogP contribution in [0.25, 0.3) is 0 Å². The van der Waals surface area contributed by atoms with E-state index in [1.807, 2.05) is 17.9 Å². The van der Waals surface area contributed by atoms with Crippen LogP contribution in [0.1, 0.15) is 18.9 Å². The minimum absolute atomic E-state index is 0.110. The van der Waals surface area contributed by atoms with Crippen LogP contribution in [0.2, 0.25) is 0 Å². The average Bonchev–Trinajstić information content (AvgIpc) is 2.78. The molecule has 0 amide bonds. The predicted molar refractivity (Wildman–Crippen MR) is 73.7 cm³/mol. The fourth-order valence-electron chi connectivity index (χ4n) is 2.43. The number of hydrogen-bond donors (Lipinski definition) is 3. The Hall–Kier alpha value is -1.79. The van der Waals surface area contributed by atoms with Gasteiger partial charge in [0.05, 0.1) is 6.61 Å². The van der Waals surface area contributed by atoms with Gasteiger partial charge in [-0.05, 0) is 19.4 Å². The van der Waals surface area contributed by atoms with Gasteiger partial charge < -0.3 is 20.7 Å². The summed E-state index contributed by atoms with van der Waals surface area (Å²) in [6, 6.07) is 5.31. The number of aliphatic carboxylic acids is 1. The van der Waals surface area contributed by atoms with Gasteiger partial charge in [-0.2, -0.15) is 0 Å². The molecule has 1 unspecified atom stereocenters. The van der Waals surface area contributed by atoms with Gasteiger partial charge in [0, 0.05) is 25.2 Å². The van der Waals surface area contributed by atoms with Crippen molar-refractivity contribution in [3.8, 4) is 11.5 Å².